The van der Waals surface area contributed by atoms with E-state index in [1.54, 1.807) is 11.3 Å². The van der Waals surface area contributed by atoms with Crippen LogP contribution in [0.25, 0.3) is 0 Å². The molecule has 2 aromatic rings. The van der Waals surface area contributed by atoms with Crippen molar-refractivity contribution in [1.29, 1.82) is 0 Å². The highest BCUT2D eigenvalue weighted by atomic mass is 32.1. The summed E-state index contributed by atoms with van der Waals surface area (Å²) in [6, 6.07) is 0. The molecule has 1 N–H and O–H groups in total. The summed E-state index contributed by atoms with van der Waals surface area (Å²) in [5.41, 5.74) is 4.74. The number of nitrogens with one attached hydrogen (secondary N) is 1. The number of hydrogen-bond donors (Lipinski definition) is 1. The van der Waals surface area contributed by atoms with E-state index < -0.39 is 0 Å². The van der Waals surface area contributed by atoms with Crippen LogP contribution >= 0.6 is 11.3 Å². The van der Waals surface area contributed by atoms with Crippen LogP contribution in [0.5, 0.6) is 0 Å². The molecule has 0 spiro atoms. The van der Waals surface area contributed by atoms with Crippen molar-refractivity contribution in [2.24, 2.45) is 0 Å². The zero-order chi connectivity index (χ0) is 13.4. The van der Waals surface area contributed by atoms with Gasteiger partial charge in [-0.2, -0.15) is 0 Å². The molecule has 1 aliphatic heterocycles. The van der Waals surface area contributed by atoms with Gasteiger partial charge in [0.1, 0.15) is 10.8 Å². The predicted molar refractivity (Wildman–Crippen MR) is 76.3 cm³/mol. The normalized spacial score (nSPS) is 14.1. The van der Waals surface area contributed by atoms with E-state index in [0.29, 0.717) is 5.92 Å². The molecule has 19 heavy (non-hydrogen) atoms. The molecule has 3 heterocycles. The molecule has 0 saturated heterocycles. The smallest absolute Gasteiger partial charge is 0.135 e. The molecule has 3 rings (SSSR count). The summed E-state index contributed by atoms with van der Waals surface area (Å²) in [4.78, 5) is 14.0. The number of aryl methyl sites for hydroxylation is 1. The molecule has 5 heteroatoms. The summed E-state index contributed by atoms with van der Waals surface area (Å²) in [6.07, 6.45) is 0.742. The van der Waals surface area contributed by atoms with Crippen molar-refractivity contribution in [3.05, 3.63) is 38.9 Å². The highest BCUT2D eigenvalue weighted by Crippen LogP contribution is 2.24. The number of hydrogen-bond acceptors (Lipinski definition) is 5. The van der Waals surface area contributed by atoms with E-state index in [9.17, 15) is 0 Å². The zero-order valence-electron chi connectivity index (χ0n) is 11.5. The molecule has 0 radical (unpaired) electrons. The van der Waals surface area contributed by atoms with Crippen molar-refractivity contribution >= 4 is 11.3 Å². The highest BCUT2D eigenvalue weighted by molar-refractivity contribution is 7.09. The molecule has 0 atom stereocenters. The van der Waals surface area contributed by atoms with Gasteiger partial charge in [0, 0.05) is 29.7 Å². The standard InChI is InChI=1S/C14H18N4S/c1-8(2)14-10-5-15-6-11(10)17-12(18-14)4-13-16-9(3)7-19-13/h7-8,15H,4-6H2,1-3H3. The summed E-state index contributed by atoms with van der Waals surface area (Å²) in [7, 11) is 0. The molecule has 0 aromatic carbocycles. The first-order valence-electron chi connectivity index (χ1n) is 6.63. The fraction of sp³-hybridized carbons (Fsp3) is 0.500. The number of thiazole rings is 1. The van der Waals surface area contributed by atoms with Gasteiger partial charge in [-0.3, -0.25) is 0 Å². The van der Waals surface area contributed by atoms with Crippen LogP contribution in [0.2, 0.25) is 0 Å². The Labute approximate surface area is 117 Å². The first kappa shape index (κ1) is 12.7. The first-order valence-corrected chi connectivity index (χ1v) is 7.51. The Morgan fingerprint density at radius 2 is 2.11 bits per heavy atom. The Kier molecular flexibility index (Phi) is 3.33. The summed E-state index contributed by atoms with van der Waals surface area (Å²) < 4.78 is 0. The van der Waals surface area contributed by atoms with Crippen molar-refractivity contribution in [2.75, 3.05) is 0 Å². The predicted octanol–water partition coefficient (Wildman–Crippen LogP) is 2.56. The Hall–Kier alpha value is -1.33. The number of fused-ring (bicyclic) bond motifs is 1. The van der Waals surface area contributed by atoms with Gasteiger partial charge < -0.3 is 5.32 Å². The Morgan fingerprint density at radius 1 is 1.26 bits per heavy atom. The third kappa shape index (κ3) is 2.53. The van der Waals surface area contributed by atoms with Crippen LogP contribution in [0.4, 0.5) is 0 Å². The minimum atomic E-state index is 0.438. The van der Waals surface area contributed by atoms with Gasteiger partial charge in [-0.15, -0.1) is 11.3 Å². The molecule has 0 fully saturated rings. The van der Waals surface area contributed by atoms with E-state index in [4.69, 9.17) is 9.97 Å². The number of aromatic nitrogens is 3. The fourth-order valence-electron chi connectivity index (χ4n) is 2.42. The molecule has 2 aromatic heterocycles. The Bertz CT molecular complexity index is 603. The second kappa shape index (κ2) is 4.98. The van der Waals surface area contributed by atoms with Gasteiger partial charge in [0.2, 0.25) is 0 Å². The van der Waals surface area contributed by atoms with E-state index in [0.717, 1.165) is 36.0 Å². The van der Waals surface area contributed by atoms with Crippen LogP contribution in [-0.4, -0.2) is 15.0 Å². The third-order valence-electron chi connectivity index (χ3n) is 3.29. The lowest BCUT2D eigenvalue weighted by molar-refractivity contribution is 0.745. The third-order valence-corrected chi connectivity index (χ3v) is 4.25. The zero-order valence-corrected chi connectivity index (χ0v) is 12.3. The quantitative estimate of drug-likeness (QED) is 0.934. The van der Waals surface area contributed by atoms with Crippen molar-refractivity contribution < 1.29 is 0 Å². The van der Waals surface area contributed by atoms with Gasteiger partial charge in [-0.25, -0.2) is 15.0 Å². The molecular weight excluding hydrogens is 256 g/mol. The SMILES string of the molecule is Cc1csc(Cc2nc3c(c(C(C)C)n2)CNC3)n1. The minimum Gasteiger partial charge on any atom is -0.307 e. The van der Waals surface area contributed by atoms with Gasteiger partial charge in [-0.05, 0) is 12.8 Å². The van der Waals surface area contributed by atoms with Crippen molar-refractivity contribution in [2.45, 2.75) is 46.2 Å². The van der Waals surface area contributed by atoms with E-state index in [2.05, 4.69) is 29.5 Å². The van der Waals surface area contributed by atoms with Crippen LogP contribution in [0.1, 0.15) is 53.2 Å². The highest BCUT2D eigenvalue weighted by Gasteiger charge is 2.20. The number of nitrogens with zero attached hydrogens (tertiary/aromatic N) is 3. The maximum atomic E-state index is 4.76. The molecule has 1 aliphatic rings. The molecule has 0 bridgehead atoms. The molecular formula is C14H18N4S. The summed E-state index contributed by atoms with van der Waals surface area (Å²) in [5, 5.41) is 6.54. The van der Waals surface area contributed by atoms with Crippen LogP contribution in [0.15, 0.2) is 5.38 Å². The van der Waals surface area contributed by atoms with Crippen LogP contribution in [0, 0.1) is 6.92 Å². The van der Waals surface area contributed by atoms with Crippen molar-refractivity contribution in [1.82, 2.24) is 20.3 Å². The molecule has 0 saturated carbocycles. The monoisotopic (exact) mass is 274 g/mol. The van der Waals surface area contributed by atoms with E-state index in [1.807, 2.05) is 6.92 Å². The molecule has 100 valence electrons. The lowest BCUT2D eigenvalue weighted by Crippen LogP contribution is -2.08. The second-order valence-corrected chi connectivity index (χ2v) is 6.21. The van der Waals surface area contributed by atoms with E-state index in [-0.39, 0.29) is 0 Å². The maximum Gasteiger partial charge on any atom is 0.135 e. The van der Waals surface area contributed by atoms with Gasteiger partial charge in [0.25, 0.3) is 0 Å². The number of rotatable bonds is 3. The molecule has 4 nitrogen and oxygen atoms in total. The van der Waals surface area contributed by atoms with Crippen molar-refractivity contribution in [3.8, 4) is 0 Å². The first-order chi connectivity index (χ1) is 9.13. The average molecular weight is 274 g/mol. The molecule has 0 aliphatic carbocycles. The summed E-state index contributed by atoms with van der Waals surface area (Å²) in [6.45, 7) is 8.17. The maximum absolute atomic E-state index is 4.76. The lowest BCUT2D eigenvalue weighted by Gasteiger charge is -2.11. The molecule has 0 unspecified atom stereocenters. The average Bonchev–Trinajstić information content (AvgIpc) is 2.97. The van der Waals surface area contributed by atoms with Gasteiger partial charge in [0.15, 0.2) is 0 Å². The largest absolute Gasteiger partial charge is 0.307 e. The second-order valence-electron chi connectivity index (χ2n) is 5.27. The van der Waals surface area contributed by atoms with Crippen molar-refractivity contribution in [3.63, 3.8) is 0 Å². The minimum absolute atomic E-state index is 0.438. The van der Waals surface area contributed by atoms with Gasteiger partial charge >= 0.3 is 0 Å². The Balaban J connectivity index is 1.96. The lowest BCUT2D eigenvalue weighted by atomic mass is 10.0. The van der Waals surface area contributed by atoms with Crippen LogP contribution in [-0.2, 0) is 19.5 Å². The molecule has 0 amide bonds. The Morgan fingerprint density at radius 3 is 2.79 bits per heavy atom. The van der Waals surface area contributed by atoms with Crippen LogP contribution in [0.3, 0.4) is 0 Å². The summed E-state index contributed by atoms with van der Waals surface area (Å²) >= 11 is 1.69. The van der Waals surface area contributed by atoms with Gasteiger partial charge in [-0.1, -0.05) is 13.8 Å². The summed E-state index contributed by atoms with van der Waals surface area (Å²) in [5.74, 6) is 1.34. The van der Waals surface area contributed by atoms with Crippen LogP contribution < -0.4 is 5.32 Å². The fourth-order valence-corrected chi connectivity index (χ4v) is 3.19. The van der Waals surface area contributed by atoms with E-state index in [1.165, 1.54) is 17.0 Å². The van der Waals surface area contributed by atoms with Gasteiger partial charge in [0.05, 0.1) is 17.8 Å². The topological polar surface area (TPSA) is 50.7 Å². The van der Waals surface area contributed by atoms with E-state index >= 15 is 0 Å².